The van der Waals surface area contributed by atoms with E-state index in [0.717, 1.165) is 6.42 Å². The van der Waals surface area contributed by atoms with E-state index in [0.29, 0.717) is 12.2 Å². The first-order valence-corrected chi connectivity index (χ1v) is 6.75. The Balaban J connectivity index is 2.69. The summed E-state index contributed by atoms with van der Waals surface area (Å²) >= 11 is 0. The van der Waals surface area contributed by atoms with Gasteiger partial charge in [0.1, 0.15) is 11.7 Å². The van der Waals surface area contributed by atoms with E-state index in [1.807, 2.05) is 6.92 Å². The summed E-state index contributed by atoms with van der Waals surface area (Å²) in [6.07, 6.45) is 2.55. The van der Waals surface area contributed by atoms with E-state index in [1.165, 1.54) is 7.11 Å². The van der Waals surface area contributed by atoms with Gasteiger partial charge in [0.05, 0.1) is 7.11 Å². The van der Waals surface area contributed by atoms with Gasteiger partial charge >= 0.3 is 11.9 Å². The molecule has 1 rings (SSSR count). The minimum absolute atomic E-state index is 0.0117. The number of methoxy groups -OCH3 is 1. The maximum Gasteiger partial charge on any atom is 0.326 e. The molecule has 0 radical (unpaired) electrons. The number of rotatable bonds is 8. The molecule has 116 valence electrons. The molecule has 1 aromatic heterocycles. The van der Waals surface area contributed by atoms with Crippen molar-refractivity contribution in [1.29, 1.82) is 0 Å². The third-order valence-electron chi connectivity index (χ3n) is 2.99. The minimum atomic E-state index is -1.18. The van der Waals surface area contributed by atoms with Crippen molar-refractivity contribution in [2.24, 2.45) is 0 Å². The monoisotopic (exact) mass is 296 g/mol. The number of amides is 1. The van der Waals surface area contributed by atoms with E-state index in [2.05, 4.69) is 10.1 Å². The molecule has 0 unspecified atom stereocenters. The Morgan fingerprint density at radius 2 is 2.14 bits per heavy atom. The lowest BCUT2D eigenvalue weighted by Crippen LogP contribution is -2.41. The normalized spacial score (nSPS) is 11.7. The zero-order valence-electron chi connectivity index (χ0n) is 12.2. The van der Waals surface area contributed by atoms with E-state index in [1.54, 1.807) is 22.9 Å². The molecule has 1 aromatic rings. The number of ether oxygens (including phenoxy) is 1. The van der Waals surface area contributed by atoms with Crippen LogP contribution in [0.5, 0.6) is 0 Å². The molecule has 2 N–H and O–H groups in total. The van der Waals surface area contributed by atoms with Crippen LogP contribution in [0.1, 0.15) is 36.7 Å². The molecule has 0 aliphatic rings. The smallest absolute Gasteiger partial charge is 0.326 e. The molecule has 0 aliphatic heterocycles. The van der Waals surface area contributed by atoms with Gasteiger partial charge in [-0.25, -0.2) is 4.79 Å². The van der Waals surface area contributed by atoms with E-state index >= 15 is 0 Å². The fourth-order valence-corrected chi connectivity index (χ4v) is 1.91. The quantitative estimate of drug-likeness (QED) is 0.698. The second kappa shape index (κ2) is 8.08. The molecule has 0 saturated carbocycles. The molecule has 0 aromatic carbocycles. The molecule has 1 amide bonds. The van der Waals surface area contributed by atoms with E-state index in [4.69, 9.17) is 5.11 Å². The third kappa shape index (κ3) is 4.94. The first-order valence-electron chi connectivity index (χ1n) is 6.75. The summed E-state index contributed by atoms with van der Waals surface area (Å²) in [7, 11) is 1.23. The van der Waals surface area contributed by atoms with Gasteiger partial charge in [0.25, 0.3) is 5.91 Å². The molecule has 0 saturated heterocycles. The van der Waals surface area contributed by atoms with Crippen LogP contribution in [0.4, 0.5) is 0 Å². The lowest BCUT2D eigenvalue weighted by Gasteiger charge is -2.15. The number of aliphatic carboxylic acids is 1. The number of nitrogens with zero attached hydrogens (tertiary/aromatic N) is 1. The number of carboxylic acid groups (broad SMARTS) is 1. The van der Waals surface area contributed by atoms with Crippen molar-refractivity contribution in [3.63, 3.8) is 0 Å². The SMILES string of the molecule is CCCn1cccc1C(=O)N[C@@H](CCC(=O)OC)C(=O)O. The fraction of sp³-hybridized carbons (Fsp3) is 0.500. The van der Waals surface area contributed by atoms with Crippen LogP contribution in [0.15, 0.2) is 18.3 Å². The highest BCUT2D eigenvalue weighted by atomic mass is 16.5. The van der Waals surface area contributed by atoms with Crippen LogP contribution in [0.25, 0.3) is 0 Å². The summed E-state index contributed by atoms with van der Waals surface area (Å²) < 4.78 is 6.22. The lowest BCUT2D eigenvalue weighted by molar-refractivity contribution is -0.142. The molecule has 7 heteroatoms. The maximum atomic E-state index is 12.1. The fourth-order valence-electron chi connectivity index (χ4n) is 1.91. The maximum absolute atomic E-state index is 12.1. The van der Waals surface area contributed by atoms with E-state index < -0.39 is 23.9 Å². The number of hydrogen-bond donors (Lipinski definition) is 2. The van der Waals surface area contributed by atoms with Crippen molar-refractivity contribution in [1.82, 2.24) is 9.88 Å². The second-order valence-corrected chi connectivity index (χ2v) is 4.57. The average Bonchev–Trinajstić information content (AvgIpc) is 2.91. The summed E-state index contributed by atoms with van der Waals surface area (Å²) in [6.45, 7) is 2.66. The first-order chi connectivity index (χ1) is 9.99. The van der Waals surface area contributed by atoms with Crippen molar-refractivity contribution in [3.8, 4) is 0 Å². The Labute approximate surface area is 122 Å². The number of aromatic nitrogens is 1. The summed E-state index contributed by atoms with van der Waals surface area (Å²) in [5, 5.41) is 11.5. The van der Waals surface area contributed by atoms with Crippen LogP contribution in [-0.2, 0) is 20.9 Å². The van der Waals surface area contributed by atoms with Gasteiger partial charge in [-0.3, -0.25) is 9.59 Å². The number of carbonyl (C=O) groups is 3. The highest BCUT2D eigenvalue weighted by Crippen LogP contribution is 2.06. The summed E-state index contributed by atoms with van der Waals surface area (Å²) in [5.41, 5.74) is 0.404. The molecule has 0 bridgehead atoms. The number of hydrogen-bond acceptors (Lipinski definition) is 4. The van der Waals surface area contributed by atoms with Crippen LogP contribution in [0, 0.1) is 0 Å². The number of carbonyl (C=O) groups excluding carboxylic acids is 2. The molecule has 0 spiro atoms. The zero-order valence-corrected chi connectivity index (χ0v) is 12.2. The number of nitrogens with one attached hydrogen (secondary N) is 1. The lowest BCUT2D eigenvalue weighted by atomic mass is 10.1. The van der Waals surface area contributed by atoms with Crippen molar-refractivity contribution in [2.45, 2.75) is 38.8 Å². The van der Waals surface area contributed by atoms with Gasteiger partial charge in [0, 0.05) is 19.2 Å². The van der Waals surface area contributed by atoms with E-state index in [9.17, 15) is 14.4 Å². The van der Waals surface area contributed by atoms with Gasteiger partial charge in [-0.15, -0.1) is 0 Å². The molecular weight excluding hydrogens is 276 g/mol. The van der Waals surface area contributed by atoms with Gasteiger partial charge in [0.15, 0.2) is 0 Å². The van der Waals surface area contributed by atoms with Crippen LogP contribution >= 0.6 is 0 Å². The molecular formula is C14H20N2O5. The largest absolute Gasteiger partial charge is 0.480 e. The van der Waals surface area contributed by atoms with Gasteiger partial charge in [-0.2, -0.15) is 0 Å². The number of aryl methyl sites for hydroxylation is 1. The Morgan fingerprint density at radius 1 is 1.43 bits per heavy atom. The Kier molecular flexibility index (Phi) is 6.45. The van der Waals surface area contributed by atoms with Crippen molar-refractivity contribution in [2.75, 3.05) is 7.11 Å². The third-order valence-corrected chi connectivity index (χ3v) is 2.99. The summed E-state index contributed by atoms with van der Waals surface area (Å²) in [6, 6.07) is 2.24. The Bertz CT molecular complexity index is 509. The average molecular weight is 296 g/mol. The van der Waals surface area contributed by atoms with Crippen molar-refractivity contribution >= 4 is 17.8 Å². The number of carboxylic acids is 1. The molecule has 0 fully saturated rings. The van der Waals surface area contributed by atoms with Crippen LogP contribution in [0.2, 0.25) is 0 Å². The van der Waals surface area contributed by atoms with Crippen LogP contribution in [0.3, 0.4) is 0 Å². The van der Waals surface area contributed by atoms with Gasteiger partial charge in [0.2, 0.25) is 0 Å². The predicted molar refractivity (Wildman–Crippen MR) is 74.9 cm³/mol. The molecule has 0 aliphatic carbocycles. The van der Waals surface area contributed by atoms with Crippen molar-refractivity contribution in [3.05, 3.63) is 24.0 Å². The summed E-state index contributed by atoms with van der Waals surface area (Å²) in [4.78, 5) is 34.3. The van der Waals surface area contributed by atoms with Gasteiger partial charge in [-0.1, -0.05) is 6.92 Å². The standard InChI is InChI=1S/C14H20N2O5/c1-3-8-16-9-4-5-11(16)13(18)15-10(14(19)20)6-7-12(17)21-2/h4-5,9-10H,3,6-8H2,1-2H3,(H,15,18)(H,19,20)/t10-/m0/s1. The number of esters is 1. The topological polar surface area (TPSA) is 97.6 Å². The Hall–Kier alpha value is -2.31. The second-order valence-electron chi connectivity index (χ2n) is 4.57. The Morgan fingerprint density at radius 3 is 2.71 bits per heavy atom. The molecule has 1 atom stereocenters. The van der Waals surface area contributed by atoms with Crippen LogP contribution < -0.4 is 5.32 Å². The molecule has 21 heavy (non-hydrogen) atoms. The summed E-state index contributed by atoms with van der Waals surface area (Å²) in [5.74, 6) is -2.16. The highest BCUT2D eigenvalue weighted by molar-refractivity contribution is 5.95. The van der Waals surface area contributed by atoms with E-state index in [-0.39, 0.29) is 12.8 Å². The van der Waals surface area contributed by atoms with Crippen molar-refractivity contribution < 1.29 is 24.2 Å². The zero-order chi connectivity index (χ0) is 15.8. The predicted octanol–water partition coefficient (Wildman–Crippen LogP) is 1.03. The molecule has 7 nitrogen and oxygen atoms in total. The van der Waals surface area contributed by atoms with Gasteiger partial charge in [-0.05, 0) is 25.0 Å². The van der Waals surface area contributed by atoms with Gasteiger partial charge < -0.3 is 19.7 Å². The first kappa shape index (κ1) is 16.7. The molecule has 1 heterocycles. The highest BCUT2D eigenvalue weighted by Gasteiger charge is 2.23. The van der Waals surface area contributed by atoms with Crippen LogP contribution in [-0.4, -0.2) is 40.7 Å². The minimum Gasteiger partial charge on any atom is -0.480 e.